The van der Waals surface area contributed by atoms with Crippen molar-refractivity contribution in [3.8, 4) is 17.4 Å². The first-order chi connectivity index (χ1) is 21.0. The number of halogens is 1. The number of anilines is 4. The van der Waals surface area contributed by atoms with Crippen molar-refractivity contribution in [2.75, 3.05) is 48.8 Å². The first kappa shape index (κ1) is 28.1. The average Bonchev–Trinajstić information content (AvgIpc) is 3.58. The molecule has 0 aliphatic carbocycles. The van der Waals surface area contributed by atoms with Crippen LogP contribution in [0.2, 0.25) is 0 Å². The topological polar surface area (TPSA) is 118 Å². The SMILES string of the molecule is C=CC(=O)N1CCC(Nc2cc3c(Nc4ccc(Oc5ccnc(N6CCCC6)n5)cc4F)ncnc3cc2OC)CC1. The highest BCUT2D eigenvalue weighted by atomic mass is 19.1. The molecule has 0 bridgehead atoms. The Hall–Kier alpha value is -5.00. The fourth-order valence-electron chi connectivity index (χ4n) is 5.43. The quantitative estimate of drug-likeness (QED) is 0.251. The third-order valence-electron chi connectivity index (χ3n) is 7.72. The number of hydrogen-bond acceptors (Lipinski definition) is 10. The van der Waals surface area contributed by atoms with Gasteiger partial charge in [0.25, 0.3) is 0 Å². The van der Waals surface area contributed by atoms with E-state index in [-0.39, 0.29) is 17.6 Å². The molecule has 12 heteroatoms. The Labute approximate surface area is 248 Å². The van der Waals surface area contributed by atoms with Crippen molar-refractivity contribution >= 4 is 40.0 Å². The van der Waals surface area contributed by atoms with Crippen LogP contribution in [0.5, 0.6) is 17.4 Å². The summed E-state index contributed by atoms with van der Waals surface area (Å²) in [7, 11) is 1.60. The second kappa shape index (κ2) is 12.5. The minimum absolute atomic E-state index is 0.0536. The number of fused-ring (bicyclic) bond motifs is 1. The average molecular weight is 585 g/mol. The second-order valence-corrected chi connectivity index (χ2v) is 10.5. The molecule has 2 aromatic heterocycles. The molecule has 2 aliphatic heterocycles. The lowest BCUT2D eigenvalue weighted by molar-refractivity contribution is -0.126. The maximum absolute atomic E-state index is 15.3. The zero-order valence-electron chi connectivity index (χ0n) is 23.9. The van der Waals surface area contributed by atoms with Gasteiger partial charge in [-0.15, -0.1) is 0 Å². The number of carbonyl (C=O) groups is 1. The molecule has 0 spiro atoms. The number of likely N-dealkylation sites (tertiary alicyclic amines) is 1. The maximum atomic E-state index is 15.3. The van der Waals surface area contributed by atoms with Crippen LogP contribution in [-0.4, -0.2) is 70.1 Å². The van der Waals surface area contributed by atoms with E-state index in [2.05, 4.69) is 42.0 Å². The van der Waals surface area contributed by atoms with Crippen molar-refractivity contribution in [2.45, 2.75) is 31.7 Å². The van der Waals surface area contributed by atoms with Crippen LogP contribution < -0.4 is 25.0 Å². The summed E-state index contributed by atoms with van der Waals surface area (Å²) in [6.45, 7) is 6.69. The Morgan fingerprint density at radius 2 is 1.86 bits per heavy atom. The predicted molar refractivity (Wildman–Crippen MR) is 163 cm³/mol. The van der Waals surface area contributed by atoms with Gasteiger partial charge in [0.1, 0.15) is 29.5 Å². The Morgan fingerprint density at radius 3 is 2.60 bits per heavy atom. The number of piperidine rings is 1. The summed E-state index contributed by atoms with van der Waals surface area (Å²) in [5.41, 5.74) is 1.64. The van der Waals surface area contributed by atoms with Crippen molar-refractivity contribution in [3.63, 3.8) is 0 Å². The summed E-state index contributed by atoms with van der Waals surface area (Å²) in [6, 6.07) is 10.1. The molecule has 2 aliphatic rings. The number of methoxy groups -OCH3 is 1. The number of rotatable bonds is 9. The third kappa shape index (κ3) is 6.27. The summed E-state index contributed by atoms with van der Waals surface area (Å²) in [5, 5.41) is 7.35. The predicted octanol–water partition coefficient (Wildman–Crippen LogP) is 5.29. The Kier molecular flexibility index (Phi) is 8.16. The minimum Gasteiger partial charge on any atom is -0.495 e. The molecule has 2 saturated heterocycles. The molecule has 1 amide bonds. The van der Waals surface area contributed by atoms with E-state index in [1.807, 2.05) is 12.1 Å². The number of benzene rings is 2. The molecule has 222 valence electrons. The lowest BCUT2D eigenvalue weighted by atomic mass is 10.0. The van der Waals surface area contributed by atoms with E-state index in [9.17, 15) is 4.79 Å². The van der Waals surface area contributed by atoms with E-state index in [0.29, 0.717) is 53.1 Å². The first-order valence-corrected chi connectivity index (χ1v) is 14.3. The van der Waals surface area contributed by atoms with Gasteiger partial charge in [0, 0.05) is 62.0 Å². The number of hydrogen-bond donors (Lipinski definition) is 2. The molecule has 4 aromatic rings. The van der Waals surface area contributed by atoms with Crippen LogP contribution in [0.15, 0.2) is 61.6 Å². The molecule has 11 nitrogen and oxygen atoms in total. The van der Waals surface area contributed by atoms with Crippen LogP contribution in [0.4, 0.5) is 27.5 Å². The smallest absolute Gasteiger partial charge is 0.245 e. The van der Waals surface area contributed by atoms with Gasteiger partial charge >= 0.3 is 0 Å². The Balaban J connectivity index is 1.19. The van der Waals surface area contributed by atoms with Gasteiger partial charge in [0.05, 0.1) is 24.0 Å². The first-order valence-electron chi connectivity index (χ1n) is 14.3. The molecule has 0 unspecified atom stereocenters. The standard InChI is InChI=1S/C31H33FN8O3/c1-3-29(41)39-14-9-20(10-15-39)36-26-17-22-25(18-27(26)42-2)34-19-35-30(22)37-24-7-6-21(16-23(24)32)43-28-8-11-33-31(38-28)40-12-4-5-13-40/h3,6-8,11,16-20,36H,1,4-5,9-10,12-15H2,2H3,(H,34,35,37). The molecular formula is C31H33FN8O3. The van der Waals surface area contributed by atoms with E-state index in [1.165, 1.54) is 18.5 Å². The number of carbonyl (C=O) groups excluding carboxylic acids is 1. The van der Waals surface area contributed by atoms with Crippen LogP contribution in [-0.2, 0) is 4.79 Å². The van der Waals surface area contributed by atoms with E-state index < -0.39 is 5.82 Å². The summed E-state index contributed by atoms with van der Waals surface area (Å²) in [6.07, 6.45) is 8.21. The van der Waals surface area contributed by atoms with Gasteiger partial charge in [0.2, 0.25) is 17.7 Å². The highest BCUT2D eigenvalue weighted by Gasteiger charge is 2.23. The second-order valence-electron chi connectivity index (χ2n) is 10.5. The molecular weight excluding hydrogens is 551 g/mol. The van der Waals surface area contributed by atoms with Crippen LogP contribution in [0.25, 0.3) is 10.9 Å². The van der Waals surface area contributed by atoms with Crippen molar-refractivity contribution in [1.29, 1.82) is 0 Å². The largest absolute Gasteiger partial charge is 0.495 e. The third-order valence-corrected chi connectivity index (χ3v) is 7.72. The lowest BCUT2D eigenvalue weighted by Crippen LogP contribution is -2.41. The van der Waals surface area contributed by atoms with E-state index >= 15 is 4.39 Å². The molecule has 0 saturated carbocycles. The molecule has 0 atom stereocenters. The van der Waals surface area contributed by atoms with Gasteiger partial charge in [0.15, 0.2) is 0 Å². The highest BCUT2D eigenvalue weighted by molar-refractivity contribution is 5.95. The molecule has 2 fully saturated rings. The van der Waals surface area contributed by atoms with Crippen molar-refractivity contribution in [3.05, 3.63) is 67.4 Å². The Morgan fingerprint density at radius 1 is 1.05 bits per heavy atom. The van der Waals surface area contributed by atoms with Gasteiger partial charge in [-0.1, -0.05) is 6.58 Å². The summed E-state index contributed by atoms with van der Waals surface area (Å²) < 4.78 is 26.8. The molecule has 43 heavy (non-hydrogen) atoms. The maximum Gasteiger partial charge on any atom is 0.245 e. The summed E-state index contributed by atoms with van der Waals surface area (Å²) in [5.74, 6) is 1.80. The van der Waals surface area contributed by atoms with Crippen molar-refractivity contribution in [1.82, 2.24) is 24.8 Å². The van der Waals surface area contributed by atoms with Crippen LogP contribution in [0, 0.1) is 5.82 Å². The van der Waals surface area contributed by atoms with Gasteiger partial charge in [-0.25, -0.2) is 19.3 Å². The molecule has 2 aromatic carbocycles. The number of nitrogens with zero attached hydrogens (tertiary/aromatic N) is 6. The van der Waals surface area contributed by atoms with E-state index in [1.54, 1.807) is 36.4 Å². The molecule has 0 radical (unpaired) electrons. The Bertz CT molecular complexity index is 1640. The zero-order chi connectivity index (χ0) is 29.8. The normalized spacial score (nSPS) is 15.4. The summed E-state index contributed by atoms with van der Waals surface area (Å²) >= 11 is 0. The highest BCUT2D eigenvalue weighted by Crippen LogP contribution is 2.35. The van der Waals surface area contributed by atoms with Crippen molar-refractivity contribution < 1.29 is 18.7 Å². The van der Waals surface area contributed by atoms with Crippen molar-refractivity contribution in [2.24, 2.45) is 0 Å². The van der Waals surface area contributed by atoms with Crippen LogP contribution in [0.3, 0.4) is 0 Å². The number of nitrogens with one attached hydrogen (secondary N) is 2. The fourth-order valence-corrected chi connectivity index (χ4v) is 5.43. The van der Waals surface area contributed by atoms with E-state index in [0.717, 1.165) is 44.5 Å². The van der Waals surface area contributed by atoms with Gasteiger partial charge in [-0.3, -0.25) is 4.79 Å². The number of aromatic nitrogens is 4. The molecule has 4 heterocycles. The van der Waals surface area contributed by atoms with Crippen LogP contribution >= 0.6 is 0 Å². The van der Waals surface area contributed by atoms with Gasteiger partial charge < -0.3 is 29.9 Å². The molecule has 2 N–H and O–H groups in total. The van der Waals surface area contributed by atoms with Gasteiger partial charge in [-0.2, -0.15) is 4.98 Å². The number of amides is 1. The van der Waals surface area contributed by atoms with Gasteiger partial charge in [-0.05, 0) is 50.0 Å². The van der Waals surface area contributed by atoms with E-state index in [4.69, 9.17) is 9.47 Å². The fraction of sp³-hybridized carbons (Fsp3) is 0.323. The summed E-state index contributed by atoms with van der Waals surface area (Å²) in [4.78, 5) is 33.5. The zero-order valence-corrected chi connectivity index (χ0v) is 23.9. The molecule has 6 rings (SSSR count). The lowest BCUT2D eigenvalue weighted by Gasteiger charge is -2.32. The monoisotopic (exact) mass is 584 g/mol. The van der Waals surface area contributed by atoms with Crippen LogP contribution in [0.1, 0.15) is 25.7 Å². The minimum atomic E-state index is -0.509. The number of ether oxygens (including phenoxy) is 2.